The Labute approximate surface area is 179 Å². The van der Waals surface area contributed by atoms with Crippen molar-refractivity contribution in [3.05, 3.63) is 93.5 Å². The maximum atomic E-state index is 6.51. The van der Waals surface area contributed by atoms with Gasteiger partial charge in [0.15, 0.2) is 0 Å². The highest BCUT2D eigenvalue weighted by molar-refractivity contribution is 6.35. The second-order valence-electron chi connectivity index (χ2n) is 7.05. The predicted molar refractivity (Wildman–Crippen MR) is 115 cm³/mol. The number of fused-ring (bicyclic) bond motifs is 3. The predicted octanol–water partition coefficient (Wildman–Crippen LogP) is 6.24. The molecule has 5 rings (SSSR count). The Bertz CT molecular complexity index is 1100. The van der Waals surface area contributed by atoms with Crippen molar-refractivity contribution >= 4 is 28.9 Å². The summed E-state index contributed by atoms with van der Waals surface area (Å²) < 4.78 is 11.6. The van der Waals surface area contributed by atoms with Gasteiger partial charge in [0.25, 0.3) is 0 Å². The Morgan fingerprint density at radius 3 is 2.55 bits per heavy atom. The van der Waals surface area contributed by atoms with Gasteiger partial charge < -0.3 is 9.47 Å². The van der Waals surface area contributed by atoms with E-state index in [9.17, 15) is 0 Å². The molecule has 0 radical (unpaired) electrons. The summed E-state index contributed by atoms with van der Waals surface area (Å²) in [5, 5.41) is 8.12. The molecule has 3 aromatic carbocycles. The Morgan fingerprint density at radius 1 is 1.00 bits per heavy atom. The first-order chi connectivity index (χ1) is 14.1. The quantitative estimate of drug-likeness (QED) is 0.498. The average molecular weight is 425 g/mol. The molecular weight excluding hydrogens is 407 g/mol. The number of rotatable bonds is 3. The monoisotopic (exact) mass is 424 g/mol. The minimum Gasteiger partial charge on any atom is -0.497 e. The maximum absolute atomic E-state index is 6.51. The lowest BCUT2D eigenvalue weighted by Gasteiger charge is -2.38. The Hall–Kier alpha value is -2.69. The fraction of sp³-hybridized carbons (Fsp3) is 0.174. The molecule has 3 aromatic rings. The zero-order valence-corrected chi connectivity index (χ0v) is 17.2. The molecule has 0 N–H and O–H groups in total. The zero-order chi connectivity index (χ0) is 20.0. The number of benzene rings is 3. The topological polar surface area (TPSA) is 34.1 Å². The van der Waals surface area contributed by atoms with Gasteiger partial charge in [-0.05, 0) is 48.0 Å². The SMILES string of the molecule is COc1ccc(C2=NN3[C@@H](c4ccc(Cl)cc4Cl)Oc4ccccc4[C@@H]3C2)cc1. The van der Waals surface area contributed by atoms with Crippen molar-refractivity contribution in [1.82, 2.24) is 5.01 Å². The summed E-state index contributed by atoms with van der Waals surface area (Å²) in [5.74, 6) is 1.68. The van der Waals surface area contributed by atoms with Crippen LogP contribution in [0.15, 0.2) is 71.8 Å². The molecule has 2 aliphatic heterocycles. The number of hydrazone groups is 1. The van der Waals surface area contributed by atoms with Gasteiger partial charge in [0, 0.05) is 22.6 Å². The second-order valence-corrected chi connectivity index (χ2v) is 7.89. The van der Waals surface area contributed by atoms with Gasteiger partial charge in [-0.2, -0.15) is 5.10 Å². The number of para-hydroxylation sites is 1. The second kappa shape index (κ2) is 7.29. The van der Waals surface area contributed by atoms with E-state index < -0.39 is 6.23 Å². The standard InChI is InChI=1S/C23H18Cl2N2O2/c1-28-16-9-6-14(7-10-16)20-13-21-18-4-2-3-5-22(18)29-23(27(21)26-20)17-11-8-15(24)12-19(17)25/h2-12,21,23H,13H2,1H3/t21-,23+/m0/s1. The molecule has 2 atom stereocenters. The van der Waals surface area contributed by atoms with Gasteiger partial charge in [-0.1, -0.05) is 47.5 Å². The Kier molecular flexibility index (Phi) is 4.61. The van der Waals surface area contributed by atoms with E-state index in [-0.39, 0.29) is 6.04 Å². The molecule has 2 aliphatic rings. The molecular formula is C23H18Cl2N2O2. The van der Waals surface area contributed by atoms with E-state index in [2.05, 4.69) is 6.07 Å². The number of hydrogen-bond acceptors (Lipinski definition) is 4. The van der Waals surface area contributed by atoms with Crippen molar-refractivity contribution in [2.45, 2.75) is 18.7 Å². The van der Waals surface area contributed by atoms with Gasteiger partial charge >= 0.3 is 0 Å². The highest BCUT2D eigenvalue weighted by Gasteiger charge is 2.41. The molecule has 6 heteroatoms. The lowest BCUT2D eigenvalue weighted by molar-refractivity contribution is -0.0189. The van der Waals surface area contributed by atoms with Crippen LogP contribution in [0.4, 0.5) is 0 Å². The summed E-state index contributed by atoms with van der Waals surface area (Å²) in [4.78, 5) is 0. The molecule has 2 heterocycles. The summed E-state index contributed by atoms with van der Waals surface area (Å²) in [6.45, 7) is 0. The van der Waals surface area contributed by atoms with E-state index in [1.807, 2.05) is 59.6 Å². The van der Waals surface area contributed by atoms with Gasteiger partial charge in [-0.15, -0.1) is 0 Å². The van der Waals surface area contributed by atoms with Crippen LogP contribution in [0.3, 0.4) is 0 Å². The molecule has 0 unspecified atom stereocenters. The van der Waals surface area contributed by atoms with E-state index in [4.69, 9.17) is 37.8 Å². The number of nitrogens with zero attached hydrogens (tertiary/aromatic N) is 2. The summed E-state index contributed by atoms with van der Waals surface area (Å²) in [7, 11) is 1.66. The molecule has 0 aromatic heterocycles. The number of hydrogen-bond donors (Lipinski definition) is 0. The summed E-state index contributed by atoms with van der Waals surface area (Å²) in [6, 6.07) is 21.6. The molecule has 146 valence electrons. The Balaban J connectivity index is 1.58. The lowest BCUT2D eigenvalue weighted by atomic mass is 9.96. The normalized spacial score (nSPS) is 19.8. The summed E-state index contributed by atoms with van der Waals surface area (Å²) in [5.41, 5.74) is 4.04. The van der Waals surface area contributed by atoms with E-state index in [1.54, 1.807) is 13.2 Å². The third-order valence-electron chi connectivity index (χ3n) is 5.35. The third kappa shape index (κ3) is 3.22. The molecule has 0 fully saturated rings. The van der Waals surface area contributed by atoms with Crippen LogP contribution in [0.1, 0.15) is 35.4 Å². The van der Waals surface area contributed by atoms with Crippen molar-refractivity contribution < 1.29 is 9.47 Å². The molecule has 0 spiro atoms. The van der Waals surface area contributed by atoms with Gasteiger partial charge in [-0.3, -0.25) is 0 Å². The fourth-order valence-electron chi connectivity index (χ4n) is 3.90. The molecule has 0 saturated carbocycles. The number of halogens is 2. The molecule has 4 nitrogen and oxygen atoms in total. The highest BCUT2D eigenvalue weighted by Crippen LogP contribution is 2.48. The van der Waals surface area contributed by atoms with Gasteiger partial charge in [0.1, 0.15) is 11.5 Å². The van der Waals surface area contributed by atoms with Crippen molar-refractivity contribution in [2.75, 3.05) is 7.11 Å². The molecule has 0 amide bonds. The smallest absolute Gasteiger partial charge is 0.215 e. The third-order valence-corrected chi connectivity index (χ3v) is 5.91. The highest BCUT2D eigenvalue weighted by atomic mass is 35.5. The van der Waals surface area contributed by atoms with Crippen LogP contribution in [0, 0.1) is 0 Å². The average Bonchev–Trinajstić information content (AvgIpc) is 3.19. The molecule has 0 aliphatic carbocycles. The van der Waals surface area contributed by atoms with Crippen molar-refractivity contribution in [3.63, 3.8) is 0 Å². The molecule has 0 saturated heterocycles. The Morgan fingerprint density at radius 2 is 1.79 bits per heavy atom. The van der Waals surface area contributed by atoms with Gasteiger partial charge in [0.05, 0.1) is 23.9 Å². The van der Waals surface area contributed by atoms with E-state index >= 15 is 0 Å². The van der Waals surface area contributed by atoms with Crippen molar-refractivity contribution in [3.8, 4) is 11.5 Å². The van der Waals surface area contributed by atoms with E-state index in [1.165, 1.54) is 0 Å². The van der Waals surface area contributed by atoms with Crippen LogP contribution < -0.4 is 9.47 Å². The largest absolute Gasteiger partial charge is 0.497 e. The zero-order valence-electron chi connectivity index (χ0n) is 15.7. The summed E-state index contributed by atoms with van der Waals surface area (Å²) >= 11 is 12.6. The van der Waals surface area contributed by atoms with E-state index in [0.717, 1.165) is 40.3 Å². The van der Waals surface area contributed by atoms with Crippen molar-refractivity contribution in [2.24, 2.45) is 5.10 Å². The first-order valence-corrected chi connectivity index (χ1v) is 10.1. The van der Waals surface area contributed by atoms with Crippen LogP contribution in [-0.2, 0) is 0 Å². The molecule has 0 bridgehead atoms. The van der Waals surface area contributed by atoms with Gasteiger partial charge in [0.2, 0.25) is 6.23 Å². The van der Waals surface area contributed by atoms with Gasteiger partial charge in [-0.25, -0.2) is 5.01 Å². The lowest BCUT2D eigenvalue weighted by Crippen LogP contribution is -2.33. The van der Waals surface area contributed by atoms with Crippen LogP contribution in [0.25, 0.3) is 0 Å². The van der Waals surface area contributed by atoms with E-state index in [0.29, 0.717) is 10.0 Å². The van der Waals surface area contributed by atoms with Crippen LogP contribution in [0.2, 0.25) is 10.0 Å². The fourth-order valence-corrected chi connectivity index (χ4v) is 4.40. The summed E-state index contributed by atoms with van der Waals surface area (Å²) in [6.07, 6.45) is 0.365. The molecule has 29 heavy (non-hydrogen) atoms. The first-order valence-electron chi connectivity index (χ1n) is 9.35. The number of methoxy groups -OCH3 is 1. The number of ether oxygens (including phenoxy) is 2. The maximum Gasteiger partial charge on any atom is 0.215 e. The van der Waals surface area contributed by atoms with Crippen LogP contribution >= 0.6 is 23.2 Å². The first kappa shape index (κ1) is 18.3. The van der Waals surface area contributed by atoms with Crippen LogP contribution in [0.5, 0.6) is 11.5 Å². The van der Waals surface area contributed by atoms with Crippen LogP contribution in [-0.4, -0.2) is 17.8 Å². The minimum atomic E-state index is -0.421. The minimum absolute atomic E-state index is 0.0776. The van der Waals surface area contributed by atoms with Crippen molar-refractivity contribution in [1.29, 1.82) is 0 Å².